The maximum Gasteiger partial charge on any atom is 0.251 e. The fraction of sp³-hybridized carbons (Fsp3) is 0.538. The average Bonchev–Trinajstić information content (AvgIpc) is 2.36. The van der Waals surface area contributed by atoms with E-state index >= 15 is 0 Å². The van der Waals surface area contributed by atoms with Gasteiger partial charge in [0, 0.05) is 31.0 Å². The van der Waals surface area contributed by atoms with Gasteiger partial charge in [-0.05, 0) is 31.9 Å². The first-order valence-electron chi connectivity index (χ1n) is 6.30. The highest BCUT2D eigenvalue weighted by molar-refractivity contribution is 5.94. The summed E-state index contributed by atoms with van der Waals surface area (Å²) in [6.45, 7) is 3.06. The largest absolute Gasteiger partial charge is 0.378 e. The summed E-state index contributed by atoms with van der Waals surface area (Å²) in [7, 11) is 0. The van der Waals surface area contributed by atoms with Crippen molar-refractivity contribution in [1.82, 2.24) is 10.3 Å². The van der Waals surface area contributed by atoms with Gasteiger partial charge in [-0.15, -0.1) is 0 Å². The molecular weight excluding hydrogens is 230 g/mol. The first-order chi connectivity index (χ1) is 8.72. The van der Waals surface area contributed by atoms with E-state index in [1.165, 1.54) is 0 Å². The maximum atomic E-state index is 12.0. The van der Waals surface area contributed by atoms with Crippen LogP contribution in [0.2, 0.25) is 0 Å². The molecule has 18 heavy (non-hydrogen) atoms. The van der Waals surface area contributed by atoms with Crippen molar-refractivity contribution in [2.45, 2.75) is 38.5 Å². The van der Waals surface area contributed by atoms with E-state index in [0.29, 0.717) is 18.2 Å². The Bertz CT molecular complexity index is 416. The molecule has 1 aromatic heterocycles. The maximum absolute atomic E-state index is 12.0. The van der Waals surface area contributed by atoms with Gasteiger partial charge in [-0.3, -0.25) is 9.78 Å². The van der Waals surface area contributed by atoms with Crippen LogP contribution in [0.4, 0.5) is 0 Å². The zero-order chi connectivity index (χ0) is 13.0. The third kappa shape index (κ3) is 3.05. The van der Waals surface area contributed by atoms with Gasteiger partial charge in [0.15, 0.2) is 0 Å². The lowest BCUT2D eigenvalue weighted by Gasteiger charge is -2.35. The summed E-state index contributed by atoms with van der Waals surface area (Å²) in [6.07, 6.45) is 3.71. The molecule has 1 heterocycles. The molecule has 0 aliphatic heterocycles. The van der Waals surface area contributed by atoms with Gasteiger partial charge in [0.25, 0.3) is 5.91 Å². The lowest BCUT2D eigenvalue weighted by atomic mass is 9.89. The van der Waals surface area contributed by atoms with E-state index in [9.17, 15) is 4.79 Å². The Morgan fingerprint density at radius 2 is 2.39 bits per heavy atom. The Hall–Kier alpha value is -1.46. The molecule has 3 N–H and O–H groups in total. The minimum atomic E-state index is -0.0629. The van der Waals surface area contributed by atoms with Crippen LogP contribution in [0.5, 0.6) is 0 Å². The number of hydrogen-bond donors (Lipinski definition) is 2. The summed E-state index contributed by atoms with van der Waals surface area (Å²) in [5.41, 5.74) is 6.84. The highest BCUT2D eigenvalue weighted by Gasteiger charge is 2.30. The number of carbonyl (C=O) groups is 1. The molecular formula is C13H19N3O2. The van der Waals surface area contributed by atoms with E-state index in [4.69, 9.17) is 10.5 Å². The van der Waals surface area contributed by atoms with Crippen LogP contribution in [0.15, 0.2) is 18.3 Å². The van der Waals surface area contributed by atoms with Crippen molar-refractivity contribution in [1.29, 1.82) is 0 Å². The second-order valence-corrected chi connectivity index (χ2v) is 4.46. The molecule has 1 aromatic rings. The molecule has 1 amide bonds. The monoisotopic (exact) mass is 249 g/mol. The Morgan fingerprint density at radius 3 is 3.06 bits per heavy atom. The van der Waals surface area contributed by atoms with Gasteiger partial charge in [-0.25, -0.2) is 0 Å². The van der Waals surface area contributed by atoms with E-state index in [1.807, 2.05) is 6.92 Å². The number of aromatic nitrogens is 1. The molecule has 0 spiro atoms. The van der Waals surface area contributed by atoms with Gasteiger partial charge in [-0.1, -0.05) is 0 Å². The summed E-state index contributed by atoms with van der Waals surface area (Å²) in [5, 5.41) is 2.98. The predicted octanol–water partition coefficient (Wildman–Crippen LogP) is 0.838. The molecule has 1 fully saturated rings. The fourth-order valence-electron chi connectivity index (χ4n) is 2.06. The number of rotatable bonds is 5. The van der Waals surface area contributed by atoms with Crippen LogP contribution in [0, 0.1) is 0 Å². The Morgan fingerprint density at radius 1 is 1.61 bits per heavy atom. The summed E-state index contributed by atoms with van der Waals surface area (Å²) in [4.78, 5) is 16.0. The zero-order valence-corrected chi connectivity index (χ0v) is 10.6. The lowest BCUT2D eigenvalue weighted by Crippen LogP contribution is -2.47. The van der Waals surface area contributed by atoms with Crippen molar-refractivity contribution in [3.8, 4) is 0 Å². The van der Waals surface area contributed by atoms with Crippen molar-refractivity contribution in [3.05, 3.63) is 29.6 Å². The highest BCUT2D eigenvalue weighted by Crippen LogP contribution is 2.23. The number of hydrogen-bond acceptors (Lipinski definition) is 4. The Labute approximate surface area is 107 Å². The quantitative estimate of drug-likeness (QED) is 0.810. The lowest BCUT2D eigenvalue weighted by molar-refractivity contribution is -0.00862. The number of amides is 1. The van der Waals surface area contributed by atoms with Crippen molar-refractivity contribution in [2.24, 2.45) is 5.73 Å². The number of nitrogens with zero attached hydrogens (tertiary/aromatic N) is 1. The standard InChI is InChI=1S/C13H19N3O2/c1-2-18-12-6-10(7-12)16-13(17)9-3-4-15-11(5-9)8-14/h3-5,10,12H,2,6-8,14H2,1H3,(H,16,17). The number of pyridine rings is 1. The second kappa shape index (κ2) is 5.93. The van der Waals surface area contributed by atoms with E-state index in [2.05, 4.69) is 10.3 Å². The van der Waals surface area contributed by atoms with Gasteiger partial charge < -0.3 is 15.8 Å². The predicted molar refractivity (Wildman–Crippen MR) is 68.0 cm³/mol. The van der Waals surface area contributed by atoms with E-state index in [-0.39, 0.29) is 11.9 Å². The smallest absolute Gasteiger partial charge is 0.251 e. The number of nitrogens with two attached hydrogens (primary N) is 1. The van der Waals surface area contributed by atoms with Crippen molar-refractivity contribution in [2.75, 3.05) is 6.61 Å². The van der Waals surface area contributed by atoms with Gasteiger partial charge in [-0.2, -0.15) is 0 Å². The molecule has 1 aliphatic carbocycles. The first-order valence-corrected chi connectivity index (χ1v) is 6.30. The van der Waals surface area contributed by atoms with Gasteiger partial charge in [0.1, 0.15) is 0 Å². The third-order valence-corrected chi connectivity index (χ3v) is 3.12. The van der Waals surface area contributed by atoms with Crippen LogP contribution >= 0.6 is 0 Å². The van der Waals surface area contributed by atoms with Crippen LogP contribution in [-0.2, 0) is 11.3 Å². The summed E-state index contributed by atoms with van der Waals surface area (Å²) in [6, 6.07) is 3.66. The number of ether oxygens (including phenoxy) is 1. The minimum Gasteiger partial charge on any atom is -0.378 e. The van der Waals surface area contributed by atoms with E-state index in [1.54, 1.807) is 18.3 Å². The topological polar surface area (TPSA) is 77.2 Å². The van der Waals surface area contributed by atoms with E-state index < -0.39 is 0 Å². The van der Waals surface area contributed by atoms with Crippen molar-refractivity contribution in [3.63, 3.8) is 0 Å². The van der Waals surface area contributed by atoms with Crippen LogP contribution < -0.4 is 11.1 Å². The molecule has 1 aliphatic rings. The highest BCUT2D eigenvalue weighted by atomic mass is 16.5. The molecule has 5 heteroatoms. The molecule has 0 radical (unpaired) electrons. The summed E-state index contributed by atoms with van der Waals surface area (Å²) in [5.74, 6) is -0.0629. The normalized spacial score (nSPS) is 22.3. The summed E-state index contributed by atoms with van der Waals surface area (Å²) >= 11 is 0. The van der Waals surface area contributed by atoms with Crippen molar-refractivity contribution < 1.29 is 9.53 Å². The Balaban J connectivity index is 1.85. The number of carbonyl (C=O) groups excluding carboxylic acids is 1. The molecule has 0 aromatic carbocycles. The fourth-order valence-corrected chi connectivity index (χ4v) is 2.06. The molecule has 1 saturated carbocycles. The SMILES string of the molecule is CCOC1CC(NC(=O)c2ccnc(CN)c2)C1. The third-order valence-electron chi connectivity index (χ3n) is 3.12. The second-order valence-electron chi connectivity index (χ2n) is 4.46. The molecule has 0 unspecified atom stereocenters. The summed E-state index contributed by atoms with van der Waals surface area (Å²) < 4.78 is 5.45. The molecule has 5 nitrogen and oxygen atoms in total. The van der Waals surface area contributed by atoms with Gasteiger partial charge in [0.2, 0.25) is 0 Å². The molecule has 0 saturated heterocycles. The van der Waals surface area contributed by atoms with E-state index in [0.717, 1.165) is 25.1 Å². The van der Waals surface area contributed by atoms with Crippen LogP contribution in [0.25, 0.3) is 0 Å². The Kier molecular flexibility index (Phi) is 4.28. The first kappa shape index (κ1) is 13.0. The van der Waals surface area contributed by atoms with Gasteiger partial charge in [0.05, 0.1) is 11.8 Å². The van der Waals surface area contributed by atoms with Crippen LogP contribution in [0.3, 0.4) is 0 Å². The van der Waals surface area contributed by atoms with Crippen LogP contribution in [-0.4, -0.2) is 29.6 Å². The zero-order valence-electron chi connectivity index (χ0n) is 10.6. The van der Waals surface area contributed by atoms with Crippen molar-refractivity contribution >= 4 is 5.91 Å². The van der Waals surface area contributed by atoms with Crippen LogP contribution in [0.1, 0.15) is 35.8 Å². The number of nitrogens with one attached hydrogen (secondary N) is 1. The average molecular weight is 249 g/mol. The minimum absolute atomic E-state index is 0.0629. The molecule has 0 bridgehead atoms. The molecule has 2 rings (SSSR count). The molecule has 98 valence electrons. The molecule has 0 atom stereocenters. The van der Waals surface area contributed by atoms with Gasteiger partial charge >= 0.3 is 0 Å².